The van der Waals surface area contributed by atoms with E-state index >= 15 is 0 Å². The smallest absolute Gasteiger partial charge is 0.410 e. The molecule has 0 aromatic carbocycles. The number of ether oxygens (including phenoxy) is 1. The molecule has 1 aromatic heterocycles. The number of carbonyl (C=O) groups excluding carboxylic acids is 1. The molecule has 6 nitrogen and oxygen atoms in total. The molecule has 0 aliphatic carbocycles. The van der Waals surface area contributed by atoms with Crippen LogP contribution in [0.5, 0.6) is 0 Å². The Labute approximate surface area is 107 Å². The number of aromatic nitrogens is 3. The number of amides is 1. The van der Waals surface area contributed by atoms with Crippen LogP contribution in [-0.2, 0) is 4.74 Å². The van der Waals surface area contributed by atoms with Crippen LogP contribution in [0.15, 0.2) is 6.20 Å². The van der Waals surface area contributed by atoms with Gasteiger partial charge in [-0.3, -0.25) is 5.10 Å². The summed E-state index contributed by atoms with van der Waals surface area (Å²) in [6.07, 6.45) is 3.38. The van der Waals surface area contributed by atoms with Crippen molar-refractivity contribution in [3.63, 3.8) is 0 Å². The minimum absolute atomic E-state index is 0.219. The van der Waals surface area contributed by atoms with Gasteiger partial charge >= 0.3 is 6.09 Å². The van der Waals surface area contributed by atoms with Crippen LogP contribution in [0.3, 0.4) is 0 Å². The molecular weight excluding hydrogens is 232 g/mol. The van der Waals surface area contributed by atoms with Crippen LogP contribution in [0.2, 0.25) is 0 Å². The van der Waals surface area contributed by atoms with Gasteiger partial charge < -0.3 is 9.64 Å². The third-order valence-electron chi connectivity index (χ3n) is 3.02. The second kappa shape index (κ2) is 4.96. The third-order valence-corrected chi connectivity index (χ3v) is 3.02. The van der Waals surface area contributed by atoms with Crippen LogP contribution >= 0.6 is 0 Å². The van der Waals surface area contributed by atoms with Crippen molar-refractivity contribution in [2.75, 3.05) is 13.1 Å². The van der Waals surface area contributed by atoms with E-state index in [1.165, 1.54) is 0 Å². The summed E-state index contributed by atoms with van der Waals surface area (Å²) < 4.78 is 5.36. The molecule has 6 heteroatoms. The van der Waals surface area contributed by atoms with Gasteiger partial charge in [-0.15, -0.1) is 5.10 Å². The van der Waals surface area contributed by atoms with E-state index in [1.807, 2.05) is 20.8 Å². The highest BCUT2D eigenvalue weighted by molar-refractivity contribution is 5.68. The predicted molar refractivity (Wildman–Crippen MR) is 66.2 cm³/mol. The Morgan fingerprint density at radius 3 is 2.61 bits per heavy atom. The summed E-state index contributed by atoms with van der Waals surface area (Å²) in [6.45, 7) is 7.09. The molecular formula is C12H20N4O2. The van der Waals surface area contributed by atoms with Crippen LogP contribution < -0.4 is 0 Å². The van der Waals surface area contributed by atoms with E-state index < -0.39 is 5.60 Å². The van der Waals surface area contributed by atoms with Crippen molar-refractivity contribution in [1.29, 1.82) is 0 Å². The minimum atomic E-state index is -0.429. The first kappa shape index (κ1) is 12.9. The van der Waals surface area contributed by atoms with Gasteiger partial charge in [0.25, 0.3) is 0 Å². The molecule has 2 rings (SSSR count). The Kier molecular flexibility index (Phi) is 3.54. The number of H-pyrrole nitrogens is 1. The summed E-state index contributed by atoms with van der Waals surface area (Å²) in [5.41, 5.74) is 0.625. The van der Waals surface area contributed by atoms with E-state index in [0.717, 1.165) is 31.6 Å². The largest absolute Gasteiger partial charge is 0.444 e. The molecule has 0 bridgehead atoms. The van der Waals surface area contributed by atoms with Gasteiger partial charge in [0.2, 0.25) is 0 Å². The Bertz CT molecular complexity index is 389. The first-order valence-electron chi connectivity index (χ1n) is 6.29. The molecule has 2 heterocycles. The standard InChI is InChI=1S/C12H20N4O2/c1-12(2,3)18-11(17)16-6-4-9(5-7-16)10-8-13-15-14-10/h8-9H,4-7H2,1-3H3,(H,13,14,15). The molecule has 0 atom stereocenters. The van der Waals surface area contributed by atoms with E-state index in [1.54, 1.807) is 11.1 Å². The minimum Gasteiger partial charge on any atom is -0.444 e. The number of rotatable bonds is 1. The molecule has 0 radical (unpaired) electrons. The number of likely N-dealkylation sites (tertiary alicyclic amines) is 1. The molecule has 100 valence electrons. The van der Waals surface area contributed by atoms with Gasteiger partial charge in [-0.25, -0.2) is 4.79 Å². The lowest BCUT2D eigenvalue weighted by molar-refractivity contribution is 0.0204. The van der Waals surface area contributed by atoms with E-state index in [4.69, 9.17) is 4.74 Å². The summed E-state index contributed by atoms with van der Waals surface area (Å²) in [5, 5.41) is 10.4. The topological polar surface area (TPSA) is 71.1 Å². The van der Waals surface area contributed by atoms with Gasteiger partial charge in [-0.05, 0) is 33.6 Å². The first-order valence-corrected chi connectivity index (χ1v) is 6.29. The molecule has 1 aromatic rings. The molecule has 18 heavy (non-hydrogen) atoms. The summed E-state index contributed by atoms with van der Waals surface area (Å²) in [6, 6.07) is 0. The highest BCUT2D eigenvalue weighted by Crippen LogP contribution is 2.26. The van der Waals surface area contributed by atoms with Gasteiger partial charge in [0, 0.05) is 19.0 Å². The zero-order chi connectivity index (χ0) is 13.2. The average Bonchev–Trinajstić information content (AvgIpc) is 2.80. The van der Waals surface area contributed by atoms with Crippen molar-refractivity contribution in [1.82, 2.24) is 20.3 Å². The summed E-state index contributed by atoms with van der Waals surface area (Å²) in [4.78, 5) is 13.6. The highest BCUT2D eigenvalue weighted by Gasteiger charge is 2.27. The zero-order valence-electron chi connectivity index (χ0n) is 11.1. The Balaban J connectivity index is 1.85. The summed E-state index contributed by atoms with van der Waals surface area (Å²) >= 11 is 0. The molecule has 0 unspecified atom stereocenters. The lowest BCUT2D eigenvalue weighted by Gasteiger charge is -2.32. The van der Waals surface area contributed by atoms with Crippen LogP contribution in [-0.4, -0.2) is 45.1 Å². The van der Waals surface area contributed by atoms with Crippen molar-refractivity contribution < 1.29 is 9.53 Å². The van der Waals surface area contributed by atoms with E-state index in [0.29, 0.717) is 5.92 Å². The molecule has 1 aliphatic heterocycles. The number of piperidine rings is 1. The van der Waals surface area contributed by atoms with Crippen LogP contribution in [0.1, 0.15) is 45.2 Å². The SMILES string of the molecule is CC(C)(C)OC(=O)N1CCC(c2cnn[nH]2)CC1. The quantitative estimate of drug-likeness (QED) is 0.829. The molecule has 0 saturated carbocycles. The van der Waals surface area contributed by atoms with Gasteiger partial charge in [-0.2, -0.15) is 0 Å². The predicted octanol–water partition coefficient (Wildman–Crippen LogP) is 1.92. The molecule has 1 N–H and O–H groups in total. The fraction of sp³-hybridized carbons (Fsp3) is 0.750. The van der Waals surface area contributed by atoms with Crippen molar-refractivity contribution in [3.05, 3.63) is 11.9 Å². The van der Waals surface area contributed by atoms with E-state index in [2.05, 4.69) is 15.4 Å². The van der Waals surface area contributed by atoms with Gasteiger partial charge in [0.15, 0.2) is 0 Å². The molecule has 0 spiro atoms. The monoisotopic (exact) mass is 252 g/mol. The van der Waals surface area contributed by atoms with Crippen molar-refractivity contribution in [3.8, 4) is 0 Å². The third kappa shape index (κ3) is 3.21. The number of nitrogens with zero attached hydrogens (tertiary/aromatic N) is 3. The summed E-state index contributed by atoms with van der Waals surface area (Å²) in [7, 11) is 0. The lowest BCUT2D eigenvalue weighted by Crippen LogP contribution is -2.41. The molecule has 1 amide bonds. The van der Waals surface area contributed by atoms with Crippen molar-refractivity contribution in [2.45, 2.75) is 45.1 Å². The van der Waals surface area contributed by atoms with Crippen molar-refractivity contribution >= 4 is 6.09 Å². The highest BCUT2D eigenvalue weighted by atomic mass is 16.6. The number of hydrogen-bond acceptors (Lipinski definition) is 4. The molecule has 1 aliphatic rings. The molecule has 1 fully saturated rings. The van der Waals surface area contributed by atoms with Gasteiger partial charge in [0.05, 0.1) is 11.9 Å². The number of hydrogen-bond donors (Lipinski definition) is 1. The Hall–Kier alpha value is -1.59. The zero-order valence-corrected chi connectivity index (χ0v) is 11.1. The Morgan fingerprint density at radius 2 is 2.11 bits per heavy atom. The van der Waals surface area contributed by atoms with Gasteiger partial charge in [0.1, 0.15) is 5.60 Å². The maximum atomic E-state index is 11.9. The maximum Gasteiger partial charge on any atom is 0.410 e. The van der Waals surface area contributed by atoms with Crippen LogP contribution in [0.4, 0.5) is 4.79 Å². The van der Waals surface area contributed by atoms with Crippen LogP contribution in [0.25, 0.3) is 0 Å². The van der Waals surface area contributed by atoms with Crippen LogP contribution in [0, 0.1) is 0 Å². The van der Waals surface area contributed by atoms with Crippen molar-refractivity contribution in [2.24, 2.45) is 0 Å². The fourth-order valence-corrected chi connectivity index (χ4v) is 2.10. The second-order valence-electron chi connectivity index (χ2n) is 5.65. The summed E-state index contributed by atoms with van der Waals surface area (Å²) in [5.74, 6) is 0.415. The lowest BCUT2D eigenvalue weighted by atomic mass is 9.94. The number of aromatic amines is 1. The molecule has 1 saturated heterocycles. The maximum absolute atomic E-state index is 11.9. The Morgan fingerprint density at radius 1 is 1.44 bits per heavy atom. The van der Waals surface area contributed by atoms with Gasteiger partial charge in [-0.1, -0.05) is 5.21 Å². The second-order valence-corrected chi connectivity index (χ2v) is 5.65. The van der Waals surface area contributed by atoms with E-state index in [-0.39, 0.29) is 6.09 Å². The normalized spacial score (nSPS) is 17.8. The fourth-order valence-electron chi connectivity index (χ4n) is 2.10. The number of nitrogens with one attached hydrogen (secondary N) is 1. The first-order chi connectivity index (χ1) is 8.46. The average molecular weight is 252 g/mol. The number of carbonyl (C=O) groups is 1. The van der Waals surface area contributed by atoms with E-state index in [9.17, 15) is 4.79 Å².